The van der Waals surface area contributed by atoms with Crippen molar-refractivity contribution in [3.8, 4) is 5.75 Å². The Morgan fingerprint density at radius 2 is 2.06 bits per heavy atom. The monoisotopic (exact) mass is 237 g/mol. The first-order chi connectivity index (χ1) is 8.01. The summed E-state index contributed by atoms with van der Waals surface area (Å²) >= 11 is 0. The third-order valence-corrected chi connectivity index (χ3v) is 1.98. The number of aryl methyl sites for hydroxylation is 1. The van der Waals surface area contributed by atoms with Crippen LogP contribution < -0.4 is 10.1 Å². The molecule has 4 nitrogen and oxygen atoms in total. The summed E-state index contributed by atoms with van der Waals surface area (Å²) in [7, 11) is 1.49. The lowest BCUT2D eigenvalue weighted by Crippen LogP contribution is -2.17. The van der Waals surface area contributed by atoms with Gasteiger partial charge in [-0.1, -0.05) is 0 Å². The van der Waals surface area contributed by atoms with Gasteiger partial charge in [-0.15, -0.1) is 0 Å². The number of methoxy groups -OCH3 is 1. The maximum atomic E-state index is 11.4. The van der Waals surface area contributed by atoms with Crippen LogP contribution in [0, 0.1) is 6.92 Å². The molecule has 4 heteroatoms. The molecule has 1 amide bonds. The molecule has 0 aliphatic rings. The molecule has 1 rings (SSSR count). The maximum absolute atomic E-state index is 11.4. The average Bonchev–Trinajstić information content (AvgIpc) is 2.14. The summed E-state index contributed by atoms with van der Waals surface area (Å²) in [4.78, 5) is 11.4. The molecule has 0 saturated carbocycles. The second kappa shape index (κ2) is 6.25. The van der Waals surface area contributed by atoms with Gasteiger partial charge in [0.15, 0.2) is 0 Å². The second-order valence-corrected chi connectivity index (χ2v) is 4.18. The number of carbonyl (C=O) groups is 1. The summed E-state index contributed by atoms with van der Waals surface area (Å²) in [6.07, 6.45) is 0.110. The van der Waals surface area contributed by atoms with Crippen molar-refractivity contribution >= 4 is 11.6 Å². The minimum absolute atomic E-state index is 0.0499. The van der Waals surface area contributed by atoms with Gasteiger partial charge in [0.1, 0.15) is 12.4 Å². The van der Waals surface area contributed by atoms with Crippen molar-refractivity contribution in [2.24, 2.45) is 0 Å². The number of nitrogens with one attached hydrogen (secondary N) is 1. The highest BCUT2D eigenvalue weighted by Gasteiger charge is 2.05. The van der Waals surface area contributed by atoms with Crippen LogP contribution in [-0.4, -0.2) is 25.7 Å². The Morgan fingerprint density at radius 1 is 1.35 bits per heavy atom. The number of benzene rings is 1. The molecule has 17 heavy (non-hydrogen) atoms. The van der Waals surface area contributed by atoms with Gasteiger partial charge < -0.3 is 14.8 Å². The third kappa shape index (κ3) is 4.87. The van der Waals surface area contributed by atoms with Gasteiger partial charge in [0.2, 0.25) is 5.91 Å². The molecule has 0 aliphatic carbocycles. The van der Waals surface area contributed by atoms with Crippen molar-refractivity contribution in [3.63, 3.8) is 0 Å². The molecule has 0 heterocycles. The Kier molecular flexibility index (Phi) is 4.97. The molecule has 1 aromatic rings. The van der Waals surface area contributed by atoms with Crippen LogP contribution in [0.2, 0.25) is 0 Å². The minimum atomic E-state index is -0.173. The number of hydrogen-bond acceptors (Lipinski definition) is 3. The molecule has 0 fully saturated rings. The Labute approximate surface area is 102 Å². The van der Waals surface area contributed by atoms with E-state index in [9.17, 15) is 4.79 Å². The highest BCUT2D eigenvalue weighted by molar-refractivity contribution is 5.91. The summed E-state index contributed by atoms with van der Waals surface area (Å²) in [6.45, 7) is 5.94. The fraction of sp³-hybridized carbons (Fsp3) is 0.462. The quantitative estimate of drug-likeness (QED) is 0.855. The normalized spacial score (nSPS) is 10.4. The Balaban J connectivity index is 2.78. The second-order valence-electron chi connectivity index (χ2n) is 4.18. The molecule has 0 aromatic heterocycles. The highest BCUT2D eigenvalue weighted by Crippen LogP contribution is 2.21. The SMILES string of the molecule is COCC(=O)Nc1cc(C)cc(OC(C)C)c1. The highest BCUT2D eigenvalue weighted by atomic mass is 16.5. The predicted octanol–water partition coefficient (Wildman–Crippen LogP) is 2.37. The topological polar surface area (TPSA) is 47.6 Å². The standard InChI is InChI=1S/C13H19NO3/c1-9(2)17-12-6-10(3)5-11(7-12)14-13(15)8-16-4/h5-7,9H,8H2,1-4H3,(H,14,15). The molecule has 1 N–H and O–H groups in total. The average molecular weight is 237 g/mol. The molecule has 0 saturated heterocycles. The lowest BCUT2D eigenvalue weighted by molar-refractivity contribution is -0.119. The number of amides is 1. The molecular weight excluding hydrogens is 218 g/mol. The van der Waals surface area contributed by atoms with Crippen LogP contribution in [0.5, 0.6) is 5.75 Å². The summed E-state index contributed by atoms with van der Waals surface area (Å²) in [6, 6.07) is 5.63. The predicted molar refractivity (Wildman–Crippen MR) is 67.4 cm³/mol. The molecule has 0 aliphatic heterocycles. The molecule has 94 valence electrons. The van der Waals surface area contributed by atoms with E-state index in [2.05, 4.69) is 5.32 Å². The van der Waals surface area contributed by atoms with E-state index in [0.717, 1.165) is 17.0 Å². The number of carbonyl (C=O) groups excluding carboxylic acids is 1. The van der Waals surface area contributed by atoms with Crippen molar-refractivity contribution < 1.29 is 14.3 Å². The number of ether oxygens (including phenoxy) is 2. The first-order valence-electron chi connectivity index (χ1n) is 5.58. The summed E-state index contributed by atoms with van der Waals surface area (Å²) in [5.41, 5.74) is 1.76. The lowest BCUT2D eigenvalue weighted by atomic mass is 10.2. The number of rotatable bonds is 5. The molecule has 1 aromatic carbocycles. The van der Waals surface area contributed by atoms with Gasteiger partial charge in [0.05, 0.1) is 6.10 Å². The first kappa shape index (κ1) is 13.5. The molecule has 0 spiro atoms. The fourth-order valence-electron chi connectivity index (χ4n) is 1.49. The molecule has 0 atom stereocenters. The first-order valence-corrected chi connectivity index (χ1v) is 5.58. The molecular formula is C13H19NO3. The van der Waals surface area contributed by atoms with E-state index in [1.807, 2.05) is 32.9 Å². The van der Waals surface area contributed by atoms with Crippen LogP contribution in [0.15, 0.2) is 18.2 Å². The smallest absolute Gasteiger partial charge is 0.250 e. The van der Waals surface area contributed by atoms with Crippen molar-refractivity contribution in [2.45, 2.75) is 26.9 Å². The Hall–Kier alpha value is -1.55. The fourth-order valence-corrected chi connectivity index (χ4v) is 1.49. The van der Waals surface area contributed by atoms with Crippen molar-refractivity contribution in [3.05, 3.63) is 23.8 Å². The number of hydrogen-bond donors (Lipinski definition) is 1. The Morgan fingerprint density at radius 3 is 2.65 bits per heavy atom. The van der Waals surface area contributed by atoms with E-state index in [1.54, 1.807) is 6.07 Å². The van der Waals surface area contributed by atoms with E-state index in [0.29, 0.717) is 0 Å². The lowest BCUT2D eigenvalue weighted by Gasteiger charge is -2.12. The summed E-state index contributed by atoms with van der Waals surface area (Å²) in [5, 5.41) is 2.75. The number of anilines is 1. The summed E-state index contributed by atoms with van der Waals surface area (Å²) < 4.78 is 10.4. The zero-order chi connectivity index (χ0) is 12.8. The third-order valence-electron chi connectivity index (χ3n) is 1.98. The van der Waals surface area contributed by atoms with Gasteiger partial charge in [-0.05, 0) is 38.5 Å². The zero-order valence-corrected chi connectivity index (χ0v) is 10.7. The van der Waals surface area contributed by atoms with Gasteiger partial charge >= 0.3 is 0 Å². The van der Waals surface area contributed by atoms with Crippen molar-refractivity contribution in [1.82, 2.24) is 0 Å². The van der Waals surface area contributed by atoms with E-state index >= 15 is 0 Å². The van der Waals surface area contributed by atoms with Crippen LogP contribution in [0.4, 0.5) is 5.69 Å². The van der Waals surface area contributed by atoms with Crippen LogP contribution >= 0.6 is 0 Å². The van der Waals surface area contributed by atoms with Gasteiger partial charge in [-0.2, -0.15) is 0 Å². The molecule has 0 unspecified atom stereocenters. The van der Waals surface area contributed by atoms with Crippen LogP contribution in [0.25, 0.3) is 0 Å². The van der Waals surface area contributed by atoms with E-state index in [4.69, 9.17) is 9.47 Å². The van der Waals surface area contributed by atoms with Gasteiger partial charge in [-0.3, -0.25) is 4.79 Å². The summed E-state index contributed by atoms with van der Waals surface area (Å²) in [5.74, 6) is 0.585. The van der Waals surface area contributed by atoms with Crippen LogP contribution in [0.3, 0.4) is 0 Å². The minimum Gasteiger partial charge on any atom is -0.491 e. The van der Waals surface area contributed by atoms with E-state index in [-0.39, 0.29) is 18.6 Å². The van der Waals surface area contributed by atoms with E-state index < -0.39 is 0 Å². The largest absolute Gasteiger partial charge is 0.491 e. The van der Waals surface area contributed by atoms with Crippen molar-refractivity contribution in [2.75, 3.05) is 19.0 Å². The van der Waals surface area contributed by atoms with Crippen molar-refractivity contribution in [1.29, 1.82) is 0 Å². The molecule has 0 bridgehead atoms. The zero-order valence-electron chi connectivity index (χ0n) is 10.7. The van der Waals surface area contributed by atoms with Crippen LogP contribution in [0.1, 0.15) is 19.4 Å². The van der Waals surface area contributed by atoms with Gasteiger partial charge in [-0.25, -0.2) is 0 Å². The van der Waals surface area contributed by atoms with Crippen LogP contribution in [-0.2, 0) is 9.53 Å². The molecule has 0 radical (unpaired) electrons. The maximum Gasteiger partial charge on any atom is 0.250 e. The van der Waals surface area contributed by atoms with Gasteiger partial charge in [0, 0.05) is 18.9 Å². The van der Waals surface area contributed by atoms with E-state index in [1.165, 1.54) is 7.11 Å². The Bertz CT molecular complexity index is 388. The van der Waals surface area contributed by atoms with Gasteiger partial charge in [0.25, 0.3) is 0 Å².